The zero-order valence-electron chi connectivity index (χ0n) is 12.0. The fourth-order valence-electron chi connectivity index (χ4n) is 2.09. The lowest BCUT2D eigenvalue weighted by molar-refractivity contribution is 0.149. The van der Waals surface area contributed by atoms with Crippen molar-refractivity contribution in [2.45, 2.75) is 44.8 Å². The van der Waals surface area contributed by atoms with Crippen LogP contribution in [0.3, 0.4) is 0 Å². The molecule has 2 rings (SSSR count). The molecule has 0 amide bonds. The number of aliphatic hydroxyl groups is 1. The van der Waals surface area contributed by atoms with E-state index < -0.39 is 5.60 Å². The van der Waals surface area contributed by atoms with Crippen molar-refractivity contribution < 1.29 is 19.3 Å². The number of hydrogen-bond donors (Lipinski definition) is 1. The summed E-state index contributed by atoms with van der Waals surface area (Å²) in [4.78, 5) is 0. The Balaban J connectivity index is 2.32. The normalized spacial score (nSPS) is 16.3. The third kappa shape index (κ3) is 3.32. The van der Waals surface area contributed by atoms with Gasteiger partial charge < -0.3 is 19.3 Å². The van der Waals surface area contributed by atoms with Crippen LogP contribution in [0.2, 0.25) is 0 Å². The summed E-state index contributed by atoms with van der Waals surface area (Å²) in [6, 6.07) is 3.73. The predicted molar refractivity (Wildman–Crippen MR) is 73.2 cm³/mol. The van der Waals surface area contributed by atoms with Crippen LogP contribution in [-0.4, -0.2) is 31.0 Å². The van der Waals surface area contributed by atoms with Crippen molar-refractivity contribution >= 4 is 0 Å². The van der Waals surface area contributed by atoms with E-state index in [0.717, 1.165) is 24.2 Å². The summed E-state index contributed by atoms with van der Waals surface area (Å²) in [6.45, 7) is 3.93. The number of rotatable bonds is 6. The van der Waals surface area contributed by atoms with Crippen LogP contribution >= 0.6 is 0 Å². The van der Waals surface area contributed by atoms with Crippen LogP contribution < -0.4 is 14.2 Å². The van der Waals surface area contributed by atoms with Gasteiger partial charge in [-0.25, -0.2) is 0 Å². The lowest BCUT2D eigenvalue weighted by Gasteiger charge is -2.18. The minimum atomic E-state index is -0.557. The van der Waals surface area contributed by atoms with Crippen molar-refractivity contribution in [3.05, 3.63) is 17.7 Å². The Hall–Kier alpha value is -1.42. The molecule has 0 heterocycles. The van der Waals surface area contributed by atoms with Gasteiger partial charge in [0.2, 0.25) is 0 Å². The zero-order valence-corrected chi connectivity index (χ0v) is 12.0. The molecule has 1 aromatic rings. The average molecular weight is 266 g/mol. The second kappa shape index (κ2) is 5.29. The van der Waals surface area contributed by atoms with Crippen LogP contribution in [0.15, 0.2) is 12.1 Å². The molecule has 0 spiro atoms. The van der Waals surface area contributed by atoms with Crippen molar-refractivity contribution in [1.82, 2.24) is 0 Å². The predicted octanol–water partition coefficient (Wildman–Crippen LogP) is 2.56. The molecule has 0 unspecified atom stereocenters. The first-order valence-electron chi connectivity index (χ1n) is 6.61. The summed E-state index contributed by atoms with van der Waals surface area (Å²) >= 11 is 0. The van der Waals surface area contributed by atoms with Crippen molar-refractivity contribution in [3.8, 4) is 17.2 Å². The molecule has 1 aliphatic carbocycles. The topological polar surface area (TPSA) is 47.9 Å². The molecule has 0 atom stereocenters. The highest BCUT2D eigenvalue weighted by molar-refractivity contribution is 5.51. The molecule has 1 N–H and O–H groups in total. The number of ether oxygens (including phenoxy) is 3. The van der Waals surface area contributed by atoms with Gasteiger partial charge in [-0.3, -0.25) is 0 Å². The molecule has 4 nitrogen and oxygen atoms in total. The molecule has 1 aliphatic rings. The lowest BCUT2D eigenvalue weighted by Crippen LogP contribution is -2.12. The summed E-state index contributed by atoms with van der Waals surface area (Å²) in [5, 5.41) is 10.1. The monoisotopic (exact) mass is 266 g/mol. The molecule has 0 bridgehead atoms. The van der Waals surface area contributed by atoms with Crippen LogP contribution in [0.1, 0.15) is 32.3 Å². The Morgan fingerprint density at radius 1 is 1.11 bits per heavy atom. The van der Waals surface area contributed by atoms with Crippen LogP contribution in [-0.2, 0) is 6.42 Å². The summed E-state index contributed by atoms with van der Waals surface area (Å²) in [5.74, 6) is 2.08. The largest absolute Gasteiger partial charge is 0.496 e. The van der Waals surface area contributed by atoms with Gasteiger partial charge in [-0.05, 0) is 32.8 Å². The van der Waals surface area contributed by atoms with E-state index in [-0.39, 0.29) is 6.10 Å². The summed E-state index contributed by atoms with van der Waals surface area (Å²) in [6.07, 6.45) is 2.36. The van der Waals surface area contributed by atoms with Gasteiger partial charge in [0.1, 0.15) is 5.75 Å². The number of benzene rings is 1. The smallest absolute Gasteiger partial charge is 0.165 e. The number of hydrogen-bond acceptors (Lipinski definition) is 4. The van der Waals surface area contributed by atoms with Crippen LogP contribution in [0, 0.1) is 0 Å². The minimum absolute atomic E-state index is 0.0667. The molecule has 0 saturated heterocycles. The molecule has 0 aromatic heterocycles. The van der Waals surface area contributed by atoms with Crippen molar-refractivity contribution in [2.75, 3.05) is 14.2 Å². The zero-order chi connectivity index (χ0) is 14.0. The summed E-state index contributed by atoms with van der Waals surface area (Å²) in [5.41, 5.74) is 0.397. The maximum atomic E-state index is 10.1. The molecule has 1 aromatic carbocycles. The fraction of sp³-hybridized carbons (Fsp3) is 0.600. The SMILES string of the molecule is COc1cc(OC(C)C)c(OC)cc1CC1(O)CC1. The molecule has 19 heavy (non-hydrogen) atoms. The van der Waals surface area contributed by atoms with Crippen molar-refractivity contribution in [3.63, 3.8) is 0 Å². The molecule has 1 saturated carbocycles. The molecule has 0 aliphatic heterocycles. The first-order chi connectivity index (χ1) is 8.97. The standard InChI is InChI=1S/C15H22O4/c1-10(2)19-14-8-12(17-3)11(7-13(14)18-4)9-15(16)5-6-15/h7-8,10,16H,5-6,9H2,1-4H3. The third-order valence-corrected chi connectivity index (χ3v) is 3.28. The highest BCUT2D eigenvalue weighted by Gasteiger charge is 2.41. The number of methoxy groups -OCH3 is 2. The Kier molecular flexibility index (Phi) is 3.90. The van der Waals surface area contributed by atoms with E-state index in [1.807, 2.05) is 26.0 Å². The Morgan fingerprint density at radius 2 is 1.74 bits per heavy atom. The van der Waals surface area contributed by atoms with Gasteiger partial charge in [0.15, 0.2) is 11.5 Å². The molecular formula is C15H22O4. The fourth-order valence-corrected chi connectivity index (χ4v) is 2.09. The van der Waals surface area contributed by atoms with Gasteiger partial charge in [0.25, 0.3) is 0 Å². The summed E-state index contributed by atoms with van der Waals surface area (Å²) in [7, 11) is 3.24. The molecule has 1 fully saturated rings. The van der Waals surface area contributed by atoms with E-state index >= 15 is 0 Å². The highest BCUT2D eigenvalue weighted by atomic mass is 16.5. The van der Waals surface area contributed by atoms with E-state index in [9.17, 15) is 5.11 Å². The first-order valence-corrected chi connectivity index (χ1v) is 6.61. The highest BCUT2D eigenvalue weighted by Crippen LogP contribution is 2.43. The van der Waals surface area contributed by atoms with Crippen LogP contribution in [0.5, 0.6) is 17.2 Å². The van der Waals surface area contributed by atoms with Gasteiger partial charge in [-0.2, -0.15) is 0 Å². The maximum Gasteiger partial charge on any atom is 0.165 e. The quantitative estimate of drug-likeness (QED) is 0.859. The Labute approximate surface area is 114 Å². The van der Waals surface area contributed by atoms with E-state index in [1.165, 1.54) is 0 Å². The molecule has 106 valence electrons. The van der Waals surface area contributed by atoms with Gasteiger partial charge in [-0.15, -0.1) is 0 Å². The van der Waals surface area contributed by atoms with Crippen molar-refractivity contribution in [2.24, 2.45) is 0 Å². The van der Waals surface area contributed by atoms with Crippen LogP contribution in [0.4, 0.5) is 0 Å². The molecular weight excluding hydrogens is 244 g/mol. The second-order valence-corrected chi connectivity index (χ2v) is 5.38. The van der Waals surface area contributed by atoms with Crippen molar-refractivity contribution in [1.29, 1.82) is 0 Å². The summed E-state index contributed by atoms with van der Waals surface area (Å²) < 4.78 is 16.5. The van der Waals surface area contributed by atoms with Crippen LogP contribution in [0.25, 0.3) is 0 Å². The minimum Gasteiger partial charge on any atom is -0.496 e. The molecule has 4 heteroatoms. The second-order valence-electron chi connectivity index (χ2n) is 5.38. The molecule has 0 radical (unpaired) electrons. The van der Waals surface area contributed by atoms with Gasteiger partial charge in [0, 0.05) is 18.1 Å². The van der Waals surface area contributed by atoms with E-state index in [2.05, 4.69) is 0 Å². The maximum absolute atomic E-state index is 10.1. The average Bonchev–Trinajstić information content (AvgIpc) is 3.07. The van der Waals surface area contributed by atoms with Gasteiger partial charge in [0.05, 0.1) is 25.9 Å². The van der Waals surface area contributed by atoms with Gasteiger partial charge >= 0.3 is 0 Å². The van der Waals surface area contributed by atoms with E-state index in [4.69, 9.17) is 14.2 Å². The van der Waals surface area contributed by atoms with Gasteiger partial charge in [-0.1, -0.05) is 0 Å². The Bertz CT molecular complexity index is 450. The van der Waals surface area contributed by atoms with E-state index in [0.29, 0.717) is 17.9 Å². The first kappa shape index (κ1) is 14.0. The Morgan fingerprint density at radius 3 is 2.21 bits per heavy atom. The lowest BCUT2D eigenvalue weighted by atomic mass is 10.0. The third-order valence-electron chi connectivity index (χ3n) is 3.28. The van der Waals surface area contributed by atoms with E-state index in [1.54, 1.807) is 14.2 Å².